The Bertz CT molecular complexity index is 416. The van der Waals surface area contributed by atoms with Gasteiger partial charge in [0.15, 0.2) is 0 Å². The fraction of sp³-hybridized carbons (Fsp3) is 0.462. The SMILES string of the molecule is COc1ccc(C2(C)NCCN(C)C2=O)cc1. The van der Waals surface area contributed by atoms with E-state index in [0.717, 1.165) is 24.4 Å². The van der Waals surface area contributed by atoms with E-state index in [0.29, 0.717) is 0 Å². The molecule has 0 spiro atoms. The Kier molecular flexibility index (Phi) is 3.07. The lowest BCUT2D eigenvalue weighted by Crippen LogP contribution is -2.59. The molecule has 4 nitrogen and oxygen atoms in total. The minimum atomic E-state index is -0.626. The van der Waals surface area contributed by atoms with E-state index in [1.165, 1.54) is 0 Å². The zero-order valence-corrected chi connectivity index (χ0v) is 10.5. The van der Waals surface area contributed by atoms with Gasteiger partial charge < -0.3 is 9.64 Å². The highest BCUT2D eigenvalue weighted by Gasteiger charge is 2.39. The molecule has 4 heteroatoms. The smallest absolute Gasteiger partial charge is 0.246 e. The normalized spacial score (nSPS) is 24.9. The predicted molar refractivity (Wildman–Crippen MR) is 66.0 cm³/mol. The third-order valence-electron chi connectivity index (χ3n) is 3.37. The molecule has 0 aliphatic carbocycles. The molecular formula is C13H18N2O2. The molecule has 1 aliphatic rings. The highest BCUT2D eigenvalue weighted by atomic mass is 16.5. The van der Waals surface area contributed by atoms with Crippen LogP contribution >= 0.6 is 0 Å². The molecule has 1 atom stereocenters. The number of carbonyl (C=O) groups excluding carboxylic acids is 1. The molecule has 92 valence electrons. The summed E-state index contributed by atoms with van der Waals surface area (Å²) >= 11 is 0. The number of ether oxygens (including phenoxy) is 1. The topological polar surface area (TPSA) is 41.6 Å². The van der Waals surface area contributed by atoms with Crippen molar-refractivity contribution in [3.8, 4) is 5.75 Å². The maximum atomic E-state index is 12.2. The van der Waals surface area contributed by atoms with Gasteiger partial charge in [-0.2, -0.15) is 0 Å². The summed E-state index contributed by atoms with van der Waals surface area (Å²) in [4.78, 5) is 14.0. The van der Waals surface area contributed by atoms with Gasteiger partial charge in [-0.3, -0.25) is 10.1 Å². The molecule has 0 saturated carbocycles. The van der Waals surface area contributed by atoms with Crippen molar-refractivity contribution in [2.45, 2.75) is 12.5 Å². The average molecular weight is 234 g/mol. The molecule has 1 aliphatic heterocycles. The van der Waals surface area contributed by atoms with Crippen LogP contribution in [0.1, 0.15) is 12.5 Å². The summed E-state index contributed by atoms with van der Waals surface area (Å²) < 4.78 is 5.12. The number of hydrogen-bond acceptors (Lipinski definition) is 3. The molecule has 1 heterocycles. The number of rotatable bonds is 2. The first-order valence-electron chi connectivity index (χ1n) is 5.73. The third-order valence-corrected chi connectivity index (χ3v) is 3.37. The van der Waals surface area contributed by atoms with E-state index in [4.69, 9.17) is 4.74 Å². The minimum absolute atomic E-state index is 0.105. The minimum Gasteiger partial charge on any atom is -0.497 e. The molecule has 0 radical (unpaired) electrons. The van der Waals surface area contributed by atoms with E-state index < -0.39 is 5.54 Å². The summed E-state index contributed by atoms with van der Waals surface area (Å²) in [7, 11) is 3.47. The Morgan fingerprint density at radius 1 is 1.35 bits per heavy atom. The molecule has 1 aromatic carbocycles. The molecule has 0 bridgehead atoms. The zero-order chi connectivity index (χ0) is 12.5. The Morgan fingerprint density at radius 2 is 2.00 bits per heavy atom. The number of amides is 1. The van der Waals surface area contributed by atoms with Gasteiger partial charge in [0, 0.05) is 20.1 Å². The third kappa shape index (κ3) is 2.00. The molecule has 17 heavy (non-hydrogen) atoms. The Balaban J connectivity index is 2.32. The molecular weight excluding hydrogens is 216 g/mol. The lowest BCUT2D eigenvalue weighted by atomic mass is 9.89. The lowest BCUT2D eigenvalue weighted by Gasteiger charge is -2.39. The maximum absolute atomic E-state index is 12.2. The van der Waals surface area contributed by atoms with E-state index in [1.807, 2.05) is 38.2 Å². The summed E-state index contributed by atoms with van der Waals surface area (Å²) in [6.07, 6.45) is 0. The molecule has 1 unspecified atom stereocenters. The second-order valence-electron chi connectivity index (χ2n) is 4.51. The van der Waals surface area contributed by atoms with Gasteiger partial charge in [-0.25, -0.2) is 0 Å². The molecule has 1 N–H and O–H groups in total. The van der Waals surface area contributed by atoms with Crippen LogP contribution in [0.5, 0.6) is 5.75 Å². The number of methoxy groups -OCH3 is 1. The van der Waals surface area contributed by atoms with Crippen LogP contribution in [0.15, 0.2) is 24.3 Å². The Hall–Kier alpha value is -1.55. The number of nitrogens with zero attached hydrogens (tertiary/aromatic N) is 1. The number of benzene rings is 1. The number of carbonyl (C=O) groups is 1. The fourth-order valence-electron chi connectivity index (χ4n) is 2.18. The summed E-state index contributed by atoms with van der Waals surface area (Å²) in [6, 6.07) is 7.63. The van der Waals surface area contributed by atoms with E-state index in [1.54, 1.807) is 12.0 Å². The van der Waals surface area contributed by atoms with Crippen LogP contribution in [0.3, 0.4) is 0 Å². The van der Waals surface area contributed by atoms with Crippen LogP contribution < -0.4 is 10.1 Å². The summed E-state index contributed by atoms with van der Waals surface area (Å²) in [5, 5.41) is 3.30. The predicted octanol–water partition coefficient (Wildman–Crippen LogP) is 0.972. The second-order valence-corrected chi connectivity index (χ2v) is 4.51. The van der Waals surface area contributed by atoms with Crippen molar-refractivity contribution in [2.24, 2.45) is 0 Å². The van der Waals surface area contributed by atoms with E-state index in [2.05, 4.69) is 5.32 Å². The van der Waals surface area contributed by atoms with Crippen molar-refractivity contribution in [3.63, 3.8) is 0 Å². The number of hydrogen-bond donors (Lipinski definition) is 1. The molecule has 2 rings (SSSR count). The largest absolute Gasteiger partial charge is 0.497 e. The summed E-state index contributed by atoms with van der Waals surface area (Å²) in [6.45, 7) is 3.49. The fourth-order valence-corrected chi connectivity index (χ4v) is 2.18. The van der Waals surface area contributed by atoms with Crippen LogP contribution in [-0.4, -0.2) is 38.1 Å². The standard InChI is InChI=1S/C13H18N2O2/c1-13(12(16)15(2)9-8-14-13)10-4-6-11(17-3)7-5-10/h4-7,14H,8-9H2,1-3H3. The molecule has 1 saturated heterocycles. The van der Waals surface area contributed by atoms with Crippen LogP contribution in [0.25, 0.3) is 0 Å². The van der Waals surface area contributed by atoms with Gasteiger partial charge in [0.2, 0.25) is 5.91 Å². The van der Waals surface area contributed by atoms with Gasteiger partial charge in [0.25, 0.3) is 0 Å². The maximum Gasteiger partial charge on any atom is 0.246 e. The van der Waals surface area contributed by atoms with Crippen molar-refractivity contribution in [3.05, 3.63) is 29.8 Å². The highest BCUT2D eigenvalue weighted by Crippen LogP contribution is 2.26. The van der Waals surface area contributed by atoms with Crippen LogP contribution in [0.4, 0.5) is 0 Å². The molecule has 1 amide bonds. The van der Waals surface area contributed by atoms with Gasteiger partial charge in [-0.05, 0) is 24.6 Å². The van der Waals surface area contributed by atoms with Crippen molar-refractivity contribution in [2.75, 3.05) is 27.2 Å². The van der Waals surface area contributed by atoms with Crippen molar-refractivity contribution < 1.29 is 9.53 Å². The van der Waals surface area contributed by atoms with Gasteiger partial charge in [0.1, 0.15) is 11.3 Å². The number of likely N-dealkylation sites (N-methyl/N-ethyl adjacent to an activating group) is 1. The number of nitrogens with one attached hydrogen (secondary N) is 1. The Morgan fingerprint density at radius 3 is 2.59 bits per heavy atom. The summed E-state index contributed by atoms with van der Waals surface area (Å²) in [5.74, 6) is 0.905. The molecule has 1 fully saturated rings. The molecule has 0 aromatic heterocycles. The van der Waals surface area contributed by atoms with Gasteiger partial charge in [0.05, 0.1) is 7.11 Å². The van der Waals surface area contributed by atoms with Gasteiger partial charge in [-0.1, -0.05) is 12.1 Å². The first kappa shape index (κ1) is 11.9. The number of piperazine rings is 1. The quantitative estimate of drug-likeness (QED) is 0.829. The Labute approximate surface area is 102 Å². The van der Waals surface area contributed by atoms with E-state index in [9.17, 15) is 4.79 Å². The van der Waals surface area contributed by atoms with Crippen molar-refractivity contribution in [1.82, 2.24) is 10.2 Å². The second kappa shape index (κ2) is 4.37. The van der Waals surface area contributed by atoms with E-state index in [-0.39, 0.29) is 5.91 Å². The zero-order valence-electron chi connectivity index (χ0n) is 10.5. The van der Waals surface area contributed by atoms with E-state index >= 15 is 0 Å². The summed E-state index contributed by atoms with van der Waals surface area (Å²) in [5.41, 5.74) is 0.342. The van der Waals surface area contributed by atoms with Gasteiger partial charge in [-0.15, -0.1) is 0 Å². The first-order valence-corrected chi connectivity index (χ1v) is 5.73. The lowest BCUT2D eigenvalue weighted by molar-refractivity contribution is -0.139. The van der Waals surface area contributed by atoms with Crippen molar-refractivity contribution in [1.29, 1.82) is 0 Å². The highest BCUT2D eigenvalue weighted by molar-refractivity contribution is 5.87. The van der Waals surface area contributed by atoms with Crippen molar-refractivity contribution >= 4 is 5.91 Å². The van der Waals surface area contributed by atoms with Crippen LogP contribution in [-0.2, 0) is 10.3 Å². The van der Waals surface area contributed by atoms with Gasteiger partial charge >= 0.3 is 0 Å². The monoisotopic (exact) mass is 234 g/mol. The first-order chi connectivity index (χ1) is 8.08. The van der Waals surface area contributed by atoms with Crippen LogP contribution in [0.2, 0.25) is 0 Å². The molecule has 1 aromatic rings. The average Bonchev–Trinajstić information content (AvgIpc) is 2.36. The van der Waals surface area contributed by atoms with Crippen LogP contribution in [0, 0.1) is 0 Å².